The summed E-state index contributed by atoms with van der Waals surface area (Å²) < 4.78 is 5.89. The Morgan fingerprint density at radius 1 is 0.964 bits per heavy atom. The monoisotopic (exact) mass is 375 g/mol. The average molecular weight is 375 g/mol. The molecule has 0 aliphatic carbocycles. The number of hydrogen-bond donors (Lipinski definition) is 0. The van der Waals surface area contributed by atoms with E-state index in [0.29, 0.717) is 11.7 Å². The average Bonchev–Trinajstić information content (AvgIpc) is 3.10. The number of aryl methyl sites for hydroxylation is 1. The molecule has 0 spiro atoms. The zero-order valence-corrected chi connectivity index (χ0v) is 16.2. The minimum atomic E-state index is 0.109. The van der Waals surface area contributed by atoms with Crippen LogP contribution in [0, 0.1) is 6.92 Å². The number of aromatic nitrogens is 1. The Kier molecular flexibility index (Phi) is 5.53. The molecule has 1 aromatic heterocycles. The molecule has 144 valence electrons. The van der Waals surface area contributed by atoms with Gasteiger partial charge >= 0.3 is 0 Å². The third kappa shape index (κ3) is 4.31. The molecule has 0 unspecified atom stereocenters. The summed E-state index contributed by atoms with van der Waals surface area (Å²) in [6.07, 6.45) is 0.268. The highest BCUT2D eigenvalue weighted by Gasteiger charge is 2.23. The number of nitrogens with zero attached hydrogens (tertiary/aromatic N) is 3. The fourth-order valence-electron chi connectivity index (χ4n) is 3.54. The van der Waals surface area contributed by atoms with E-state index in [4.69, 9.17) is 4.42 Å². The normalized spacial score (nSPS) is 15.0. The van der Waals surface area contributed by atoms with Gasteiger partial charge in [0.25, 0.3) is 0 Å². The molecule has 5 nitrogen and oxygen atoms in total. The van der Waals surface area contributed by atoms with Crippen molar-refractivity contribution in [3.05, 3.63) is 77.7 Å². The third-order valence-electron chi connectivity index (χ3n) is 5.20. The van der Waals surface area contributed by atoms with Crippen LogP contribution < -0.4 is 0 Å². The third-order valence-corrected chi connectivity index (χ3v) is 5.20. The Bertz CT molecular complexity index is 914. The van der Waals surface area contributed by atoms with Crippen LogP contribution in [-0.4, -0.2) is 46.9 Å². The molecule has 1 fully saturated rings. The highest BCUT2D eigenvalue weighted by molar-refractivity contribution is 5.78. The number of carbonyl (C=O) groups excluding carboxylic acids is 1. The van der Waals surface area contributed by atoms with Crippen LogP contribution in [-0.2, 0) is 17.8 Å². The first kappa shape index (κ1) is 18.4. The summed E-state index contributed by atoms with van der Waals surface area (Å²) in [5, 5.41) is 0. The molecular formula is C23H25N3O2. The van der Waals surface area contributed by atoms with E-state index in [9.17, 15) is 4.79 Å². The van der Waals surface area contributed by atoms with Gasteiger partial charge in [0.2, 0.25) is 11.8 Å². The number of benzene rings is 2. The summed E-state index contributed by atoms with van der Waals surface area (Å²) >= 11 is 0. The molecule has 3 aromatic rings. The van der Waals surface area contributed by atoms with Gasteiger partial charge in [-0.05, 0) is 24.6 Å². The maximum atomic E-state index is 12.8. The molecule has 1 aliphatic rings. The molecule has 1 saturated heterocycles. The minimum Gasteiger partial charge on any atom is -0.440 e. The predicted octanol–water partition coefficient (Wildman–Crippen LogP) is 3.54. The van der Waals surface area contributed by atoms with Gasteiger partial charge in [0, 0.05) is 38.3 Å². The molecule has 1 aliphatic heterocycles. The number of hydrogen-bond acceptors (Lipinski definition) is 4. The van der Waals surface area contributed by atoms with E-state index in [2.05, 4.69) is 34.1 Å². The quantitative estimate of drug-likeness (QED) is 0.684. The topological polar surface area (TPSA) is 49.6 Å². The number of carbonyl (C=O) groups is 1. The molecule has 28 heavy (non-hydrogen) atoms. The van der Waals surface area contributed by atoms with E-state index in [1.807, 2.05) is 48.2 Å². The van der Waals surface area contributed by atoms with Gasteiger partial charge in [0.1, 0.15) is 5.76 Å². The standard InChI is InChI=1S/C23H25N3O2/c1-18-21(28-23(24-18)20-10-6-3-7-11-20)16-22(27)26-14-12-25(13-15-26)17-19-8-4-2-5-9-19/h2-11H,12-17H2,1H3. The summed E-state index contributed by atoms with van der Waals surface area (Å²) in [6.45, 7) is 6.13. The molecule has 2 heterocycles. The largest absolute Gasteiger partial charge is 0.440 e. The van der Waals surface area contributed by atoms with Crippen molar-refractivity contribution in [2.45, 2.75) is 19.9 Å². The van der Waals surface area contributed by atoms with E-state index in [1.165, 1.54) is 5.56 Å². The lowest BCUT2D eigenvalue weighted by molar-refractivity contribution is -0.132. The highest BCUT2D eigenvalue weighted by atomic mass is 16.4. The molecule has 0 atom stereocenters. The van der Waals surface area contributed by atoms with Crippen molar-refractivity contribution in [1.29, 1.82) is 0 Å². The van der Waals surface area contributed by atoms with Gasteiger partial charge in [-0.15, -0.1) is 0 Å². The van der Waals surface area contributed by atoms with Crippen LogP contribution in [0.4, 0.5) is 0 Å². The molecule has 0 radical (unpaired) electrons. The zero-order chi connectivity index (χ0) is 19.3. The Morgan fingerprint density at radius 2 is 1.61 bits per heavy atom. The van der Waals surface area contributed by atoms with Gasteiger partial charge in [0.15, 0.2) is 0 Å². The van der Waals surface area contributed by atoms with Gasteiger partial charge in [-0.3, -0.25) is 9.69 Å². The van der Waals surface area contributed by atoms with Gasteiger partial charge in [0.05, 0.1) is 12.1 Å². The van der Waals surface area contributed by atoms with Crippen LogP contribution in [0.25, 0.3) is 11.5 Å². The second-order valence-corrected chi connectivity index (χ2v) is 7.21. The summed E-state index contributed by atoms with van der Waals surface area (Å²) in [7, 11) is 0. The van der Waals surface area contributed by atoms with Gasteiger partial charge in [-0.1, -0.05) is 48.5 Å². The number of piperazine rings is 1. The van der Waals surface area contributed by atoms with Gasteiger partial charge in [-0.25, -0.2) is 4.98 Å². The molecule has 0 N–H and O–H groups in total. The van der Waals surface area contributed by atoms with Gasteiger partial charge < -0.3 is 9.32 Å². The second-order valence-electron chi connectivity index (χ2n) is 7.21. The lowest BCUT2D eigenvalue weighted by atomic mass is 10.2. The van der Waals surface area contributed by atoms with Crippen LogP contribution >= 0.6 is 0 Å². The lowest BCUT2D eigenvalue weighted by Gasteiger charge is -2.34. The van der Waals surface area contributed by atoms with Crippen molar-refractivity contribution < 1.29 is 9.21 Å². The first-order chi connectivity index (χ1) is 13.7. The Hall–Kier alpha value is -2.92. The van der Waals surface area contributed by atoms with Crippen molar-refractivity contribution in [3.8, 4) is 11.5 Å². The van der Waals surface area contributed by atoms with Crippen molar-refractivity contribution in [3.63, 3.8) is 0 Å². The summed E-state index contributed by atoms with van der Waals surface area (Å²) in [6, 6.07) is 20.3. The van der Waals surface area contributed by atoms with Crippen molar-refractivity contribution in [2.24, 2.45) is 0 Å². The first-order valence-electron chi connectivity index (χ1n) is 9.75. The predicted molar refractivity (Wildman–Crippen MR) is 109 cm³/mol. The molecule has 0 saturated carbocycles. The van der Waals surface area contributed by atoms with Crippen LogP contribution in [0.3, 0.4) is 0 Å². The fraction of sp³-hybridized carbons (Fsp3) is 0.304. The molecule has 2 aromatic carbocycles. The fourth-order valence-corrected chi connectivity index (χ4v) is 3.54. The lowest BCUT2D eigenvalue weighted by Crippen LogP contribution is -2.48. The minimum absolute atomic E-state index is 0.109. The molecule has 1 amide bonds. The first-order valence-corrected chi connectivity index (χ1v) is 9.75. The summed E-state index contributed by atoms with van der Waals surface area (Å²) in [4.78, 5) is 21.6. The van der Waals surface area contributed by atoms with E-state index >= 15 is 0 Å². The highest BCUT2D eigenvalue weighted by Crippen LogP contribution is 2.22. The zero-order valence-electron chi connectivity index (χ0n) is 16.2. The van der Waals surface area contributed by atoms with Crippen LogP contribution in [0.1, 0.15) is 17.0 Å². The maximum Gasteiger partial charge on any atom is 0.230 e. The number of amides is 1. The van der Waals surface area contributed by atoms with E-state index in [0.717, 1.165) is 44.0 Å². The van der Waals surface area contributed by atoms with Crippen LogP contribution in [0.15, 0.2) is 65.1 Å². The van der Waals surface area contributed by atoms with E-state index in [-0.39, 0.29) is 12.3 Å². The Labute approximate surface area is 165 Å². The number of oxazole rings is 1. The summed E-state index contributed by atoms with van der Waals surface area (Å²) in [5.41, 5.74) is 3.03. The summed E-state index contributed by atoms with van der Waals surface area (Å²) in [5.74, 6) is 1.35. The molecule has 4 rings (SSSR count). The molecular weight excluding hydrogens is 350 g/mol. The maximum absolute atomic E-state index is 12.8. The van der Waals surface area contributed by atoms with E-state index < -0.39 is 0 Å². The van der Waals surface area contributed by atoms with E-state index in [1.54, 1.807) is 0 Å². The Morgan fingerprint density at radius 3 is 2.29 bits per heavy atom. The SMILES string of the molecule is Cc1nc(-c2ccccc2)oc1CC(=O)N1CCN(Cc2ccccc2)CC1. The van der Waals surface area contributed by atoms with Crippen LogP contribution in [0.2, 0.25) is 0 Å². The van der Waals surface area contributed by atoms with Crippen molar-refractivity contribution >= 4 is 5.91 Å². The second kappa shape index (κ2) is 8.40. The van der Waals surface area contributed by atoms with Crippen molar-refractivity contribution in [1.82, 2.24) is 14.8 Å². The molecule has 0 bridgehead atoms. The number of rotatable bonds is 5. The van der Waals surface area contributed by atoms with Crippen molar-refractivity contribution in [2.75, 3.05) is 26.2 Å². The smallest absolute Gasteiger partial charge is 0.230 e. The van der Waals surface area contributed by atoms with Gasteiger partial charge in [-0.2, -0.15) is 0 Å². The molecule has 5 heteroatoms. The van der Waals surface area contributed by atoms with Crippen LogP contribution in [0.5, 0.6) is 0 Å². The Balaban J connectivity index is 1.33.